The van der Waals surface area contributed by atoms with Crippen molar-refractivity contribution in [3.05, 3.63) is 28.8 Å². The van der Waals surface area contributed by atoms with E-state index < -0.39 is 0 Å². The Balaban J connectivity index is 2.89. The van der Waals surface area contributed by atoms with Gasteiger partial charge in [0.15, 0.2) is 0 Å². The Kier molecular flexibility index (Phi) is 5.10. The van der Waals surface area contributed by atoms with Crippen molar-refractivity contribution in [3.63, 3.8) is 0 Å². The second-order valence-electron chi connectivity index (χ2n) is 4.30. The van der Waals surface area contributed by atoms with Crippen LogP contribution in [0.25, 0.3) is 0 Å². The van der Waals surface area contributed by atoms with Crippen molar-refractivity contribution < 1.29 is 4.74 Å². The lowest BCUT2D eigenvalue weighted by molar-refractivity contribution is 0.391. The molecule has 1 aromatic rings. The molecule has 3 heteroatoms. The van der Waals surface area contributed by atoms with E-state index in [0.29, 0.717) is 12.0 Å². The molecule has 0 saturated carbocycles. The molecular weight excluding hydrogens is 222 g/mol. The summed E-state index contributed by atoms with van der Waals surface area (Å²) < 4.78 is 5.34. The fourth-order valence-corrected chi connectivity index (χ4v) is 2.01. The number of likely N-dealkylation sites (N-methyl/N-ethyl adjacent to an activating group) is 1. The first-order valence-electron chi connectivity index (χ1n) is 5.58. The molecule has 0 amide bonds. The molecule has 2 nitrogen and oxygen atoms in total. The first-order valence-corrected chi connectivity index (χ1v) is 5.96. The minimum atomic E-state index is 0.437. The molecule has 0 aromatic heterocycles. The predicted octanol–water partition coefficient (Wildman–Crippen LogP) is 3.14. The van der Waals surface area contributed by atoms with Crippen LogP contribution in [0, 0.1) is 5.92 Å². The summed E-state index contributed by atoms with van der Waals surface area (Å²) in [5, 5.41) is 4.08. The van der Waals surface area contributed by atoms with Crippen LogP contribution in [-0.4, -0.2) is 20.2 Å². The summed E-state index contributed by atoms with van der Waals surface area (Å²) in [7, 11) is 3.68. The van der Waals surface area contributed by atoms with E-state index in [0.717, 1.165) is 22.8 Å². The average Bonchev–Trinajstić information content (AvgIpc) is 2.25. The molecule has 0 spiro atoms. The zero-order valence-corrected chi connectivity index (χ0v) is 11.1. The molecule has 0 fully saturated rings. The van der Waals surface area contributed by atoms with Gasteiger partial charge in [0, 0.05) is 11.1 Å². The van der Waals surface area contributed by atoms with Crippen molar-refractivity contribution in [2.24, 2.45) is 5.92 Å². The van der Waals surface area contributed by atoms with Gasteiger partial charge in [-0.15, -0.1) is 0 Å². The molecule has 0 aliphatic heterocycles. The van der Waals surface area contributed by atoms with Crippen molar-refractivity contribution in [1.29, 1.82) is 0 Å². The average molecular weight is 242 g/mol. The molecule has 0 saturated heterocycles. The number of hydrogen-bond acceptors (Lipinski definition) is 2. The van der Waals surface area contributed by atoms with Gasteiger partial charge < -0.3 is 10.1 Å². The Morgan fingerprint density at radius 2 is 2.06 bits per heavy atom. The van der Waals surface area contributed by atoms with Gasteiger partial charge in [-0.2, -0.15) is 0 Å². The standard InChI is InChI=1S/C13H20ClNO/c1-9(2)12(15-3)8-10-7-11(14)5-6-13(10)16-4/h5-7,9,12,15H,8H2,1-4H3. The monoisotopic (exact) mass is 241 g/mol. The molecule has 16 heavy (non-hydrogen) atoms. The van der Waals surface area contributed by atoms with E-state index in [2.05, 4.69) is 19.2 Å². The molecule has 1 unspecified atom stereocenters. The van der Waals surface area contributed by atoms with Gasteiger partial charge >= 0.3 is 0 Å². The number of rotatable bonds is 5. The molecule has 0 bridgehead atoms. The first kappa shape index (κ1) is 13.3. The number of halogens is 1. The summed E-state index contributed by atoms with van der Waals surface area (Å²) in [4.78, 5) is 0. The lowest BCUT2D eigenvalue weighted by Crippen LogP contribution is -2.32. The summed E-state index contributed by atoms with van der Waals surface area (Å²) in [6.07, 6.45) is 0.928. The van der Waals surface area contributed by atoms with Crippen LogP contribution in [0.15, 0.2) is 18.2 Å². The summed E-state index contributed by atoms with van der Waals surface area (Å²) in [6, 6.07) is 6.19. The maximum absolute atomic E-state index is 6.00. The largest absolute Gasteiger partial charge is 0.496 e. The maximum atomic E-state index is 6.00. The number of nitrogens with one attached hydrogen (secondary N) is 1. The third-order valence-corrected chi connectivity index (χ3v) is 3.09. The van der Waals surface area contributed by atoms with E-state index in [9.17, 15) is 0 Å². The molecule has 1 atom stereocenters. The fourth-order valence-electron chi connectivity index (χ4n) is 1.81. The minimum absolute atomic E-state index is 0.437. The van der Waals surface area contributed by atoms with Crippen LogP contribution in [0.5, 0.6) is 5.75 Å². The molecule has 0 aliphatic carbocycles. The second-order valence-corrected chi connectivity index (χ2v) is 4.74. The molecular formula is C13H20ClNO. The van der Waals surface area contributed by atoms with Gasteiger partial charge in [-0.05, 0) is 43.1 Å². The molecule has 1 N–H and O–H groups in total. The van der Waals surface area contributed by atoms with Crippen LogP contribution in [0.4, 0.5) is 0 Å². The fraction of sp³-hybridized carbons (Fsp3) is 0.538. The molecule has 90 valence electrons. The highest BCUT2D eigenvalue weighted by Crippen LogP contribution is 2.25. The minimum Gasteiger partial charge on any atom is -0.496 e. The van der Waals surface area contributed by atoms with E-state index in [4.69, 9.17) is 16.3 Å². The number of benzene rings is 1. The SMILES string of the molecule is CNC(Cc1cc(Cl)ccc1OC)C(C)C. The Hall–Kier alpha value is -0.730. The Bertz CT molecular complexity index is 339. The van der Waals surface area contributed by atoms with Gasteiger partial charge in [0.2, 0.25) is 0 Å². The van der Waals surface area contributed by atoms with E-state index in [-0.39, 0.29) is 0 Å². The number of ether oxygens (including phenoxy) is 1. The second kappa shape index (κ2) is 6.12. The van der Waals surface area contributed by atoms with Crippen LogP contribution < -0.4 is 10.1 Å². The van der Waals surface area contributed by atoms with Crippen LogP contribution in [-0.2, 0) is 6.42 Å². The van der Waals surface area contributed by atoms with E-state index >= 15 is 0 Å². The predicted molar refractivity (Wildman–Crippen MR) is 69.4 cm³/mol. The van der Waals surface area contributed by atoms with Crippen LogP contribution >= 0.6 is 11.6 Å². The van der Waals surface area contributed by atoms with Crippen molar-refractivity contribution in [2.75, 3.05) is 14.2 Å². The number of methoxy groups -OCH3 is 1. The Labute approximate surface area is 103 Å². The lowest BCUT2D eigenvalue weighted by Gasteiger charge is -2.21. The highest BCUT2D eigenvalue weighted by atomic mass is 35.5. The number of hydrogen-bond donors (Lipinski definition) is 1. The Morgan fingerprint density at radius 1 is 1.38 bits per heavy atom. The third kappa shape index (κ3) is 3.39. The Morgan fingerprint density at radius 3 is 2.56 bits per heavy atom. The summed E-state index contributed by atoms with van der Waals surface area (Å²) >= 11 is 6.00. The van der Waals surface area contributed by atoms with E-state index in [1.807, 2.05) is 25.2 Å². The van der Waals surface area contributed by atoms with Crippen molar-refractivity contribution in [2.45, 2.75) is 26.3 Å². The van der Waals surface area contributed by atoms with Crippen LogP contribution in [0.2, 0.25) is 5.02 Å². The van der Waals surface area contributed by atoms with Gasteiger partial charge in [-0.3, -0.25) is 0 Å². The highest BCUT2D eigenvalue weighted by molar-refractivity contribution is 6.30. The quantitative estimate of drug-likeness (QED) is 0.855. The van der Waals surface area contributed by atoms with Crippen molar-refractivity contribution in [3.8, 4) is 5.75 Å². The summed E-state index contributed by atoms with van der Waals surface area (Å²) in [5.41, 5.74) is 1.16. The van der Waals surface area contributed by atoms with Crippen molar-refractivity contribution >= 4 is 11.6 Å². The van der Waals surface area contributed by atoms with E-state index in [1.54, 1.807) is 7.11 Å². The molecule has 1 rings (SSSR count). The first-order chi connectivity index (χ1) is 7.58. The van der Waals surface area contributed by atoms with Gasteiger partial charge in [-0.1, -0.05) is 25.4 Å². The topological polar surface area (TPSA) is 21.3 Å². The normalized spacial score (nSPS) is 12.9. The molecule has 0 aliphatic rings. The molecule has 0 radical (unpaired) electrons. The molecule has 0 heterocycles. The van der Waals surface area contributed by atoms with Crippen molar-refractivity contribution in [1.82, 2.24) is 5.32 Å². The maximum Gasteiger partial charge on any atom is 0.122 e. The van der Waals surface area contributed by atoms with Crippen LogP contribution in [0.1, 0.15) is 19.4 Å². The van der Waals surface area contributed by atoms with Gasteiger partial charge in [0.05, 0.1) is 7.11 Å². The van der Waals surface area contributed by atoms with Gasteiger partial charge in [-0.25, -0.2) is 0 Å². The zero-order valence-electron chi connectivity index (χ0n) is 10.4. The van der Waals surface area contributed by atoms with Crippen LogP contribution in [0.3, 0.4) is 0 Å². The van der Waals surface area contributed by atoms with Gasteiger partial charge in [0.25, 0.3) is 0 Å². The molecule has 1 aromatic carbocycles. The zero-order chi connectivity index (χ0) is 12.1. The third-order valence-electron chi connectivity index (χ3n) is 2.86. The summed E-state index contributed by atoms with van der Waals surface area (Å²) in [6.45, 7) is 4.41. The highest BCUT2D eigenvalue weighted by Gasteiger charge is 2.14. The van der Waals surface area contributed by atoms with Gasteiger partial charge in [0.1, 0.15) is 5.75 Å². The lowest BCUT2D eigenvalue weighted by atomic mass is 9.96. The summed E-state index contributed by atoms with van der Waals surface area (Å²) in [5.74, 6) is 1.49. The van der Waals surface area contributed by atoms with E-state index in [1.165, 1.54) is 0 Å². The smallest absolute Gasteiger partial charge is 0.122 e.